The van der Waals surface area contributed by atoms with Crippen LogP contribution in [-0.2, 0) is 25.4 Å². The predicted octanol–water partition coefficient (Wildman–Crippen LogP) is -0.399. The minimum atomic E-state index is -0.526. The van der Waals surface area contributed by atoms with Crippen molar-refractivity contribution in [3.05, 3.63) is 50.9 Å². The summed E-state index contributed by atoms with van der Waals surface area (Å²) in [6.07, 6.45) is 2.79. The highest BCUT2D eigenvalue weighted by molar-refractivity contribution is 5.83. The molecule has 0 unspecified atom stereocenters. The van der Waals surface area contributed by atoms with Crippen molar-refractivity contribution in [2.45, 2.75) is 6.54 Å². The van der Waals surface area contributed by atoms with E-state index in [2.05, 4.69) is 15.5 Å². The number of benzene rings is 1. The molecule has 2 heterocycles. The van der Waals surface area contributed by atoms with E-state index in [0.29, 0.717) is 17.1 Å². The van der Waals surface area contributed by atoms with Crippen LogP contribution in [0.1, 0.15) is 5.56 Å². The maximum absolute atomic E-state index is 12.4. The van der Waals surface area contributed by atoms with Crippen LogP contribution in [0.15, 0.2) is 39.2 Å². The zero-order valence-corrected chi connectivity index (χ0v) is 16.4. The van der Waals surface area contributed by atoms with Gasteiger partial charge in [-0.15, -0.1) is 0 Å². The Bertz CT molecular complexity index is 1220. The summed E-state index contributed by atoms with van der Waals surface area (Å²) in [5, 5.41) is 3.91. The van der Waals surface area contributed by atoms with Crippen LogP contribution in [0, 0.1) is 0 Å². The van der Waals surface area contributed by atoms with Crippen LogP contribution in [0.25, 0.3) is 11.2 Å². The number of carbonyl (C=O) groups is 1. The molecule has 0 aliphatic rings. The van der Waals surface area contributed by atoms with Gasteiger partial charge in [0.1, 0.15) is 6.54 Å². The third-order valence-electron chi connectivity index (χ3n) is 4.34. The van der Waals surface area contributed by atoms with Crippen molar-refractivity contribution in [1.82, 2.24) is 24.1 Å². The number of hydrazone groups is 1. The molecule has 3 rings (SSSR count). The third kappa shape index (κ3) is 3.74. The summed E-state index contributed by atoms with van der Waals surface area (Å²) < 4.78 is 14.0. The summed E-state index contributed by atoms with van der Waals surface area (Å²) in [6, 6.07) is 5.19. The highest BCUT2D eigenvalue weighted by Crippen LogP contribution is 2.26. The minimum absolute atomic E-state index is 0.161. The van der Waals surface area contributed by atoms with Gasteiger partial charge < -0.3 is 14.0 Å². The maximum atomic E-state index is 12.4. The summed E-state index contributed by atoms with van der Waals surface area (Å²) in [5.41, 5.74) is 2.44. The molecule has 0 bridgehead atoms. The van der Waals surface area contributed by atoms with Gasteiger partial charge in [0.05, 0.1) is 26.8 Å². The second-order valence-corrected chi connectivity index (χ2v) is 6.16. The molecule has 11 heteroatoms. The Morgan fingerprint density at radius 1 is 1.17 bits per heavy atom. The van der Waals surface area contributed by atoms with Crippen molar-refractivity contribution in [3.63, 3.8) is 0 Å². The van der Waals surface area contributed by atoms with E-state index < -0.39 is 17.2 Å². The second-order valence-electron chi connectivity index (χ2n) is 6.16. The number of imidazole rings is 1. The number of aryl methyl sites for hydroxylation is 1. The van der Waals surface area contributed by atoms with Crippen LogP contribution in [0.5, 0.6) is 11.5 Å². The van der Waals surface area contributed by atoms with Gasteiger partial charge in [0.25, 0.3) is 11.5 Å². The van der Waals surface area contributed by atoms with Gasteiger partial charge >= 0.3 is 5.69 Å². The first-order chi connectivity index (χ1) is 13.9. The zero-order chi connectivity index (χ0) is 21.1. The molecule has 1 aromatic carbocycles. The Kier molecular flexibility index (Phi) is 5.48. The monoisotopic (exact) mass is 400 g/mol. The normalized spacial score (nSPS) is 11.2. The highest BCUT2D eigenvalue weighted by Gasteiger charge is 2.15. The number of fused-ring (bicyclic) bond motifs is 1. The quantitative estimate of drug-likeness (QED) is 0.444. The summed E-state index contributed by atoms with van der Waals surface area (Å²) in [7, 11) is 5.94. The van der Waals surface area contributed by atoms with Crippen LogP contribution in [0.4, 0.5) is 0 Å². The largest absolute Gasteiger partial charge is 0.493 e. The smallest absolute Gasteiger partial charge is 0.332 e. The van der Waals surface area contributed by atoms with Gasteiger partial charge in [0, 0.05) is 14.1 Å². The molecule has 152 valence electrons. The van der Waals surface area contributed by atoms with Crippen LogP contribution in [0.2, 0.25) is 0 Å². The van der Waals surface area contributed by atoms with Gasteiger partial charge in [-0.3, -0.25) is 18.7 Å². The number of hydrogen-bond acceptors (Lipinski definition) is 7. The fraction of sp³-hybridized carbons (Fsp3) is 0.278. The highest BCUT2D eigenvalue weighted by atomic mass is 16.5. The molecule has 1 amide bonds. The summed E-state index contributed by atoms with van der Waals surface area (Å²) in [6.45, 7) is -0.187. The molecule has 11 nitrogen and oxygen atoms in total. The number of aromatic nitrogens is 4. The molecule has 3 aromatic rings. The third-order valence-corrected chi connectivity index (χ3v) is 4.34. The number of nitrogens with one attached hydrogen (secondary N) is 1. The van der Waals surface area contributed by atoms with Gasteiger partial charge in [-0.05, 0) is 23.8 Å². The fourth-order valence-electron chi connectivity index (χ4n) is 2.82. The van der Waals surface area contributed by atoms with Crippen molar-refractivity contribution in [3.8, 4) is 11.5 Å². The van der Waals surface area contributed by atoms with Crippen molar-refractivity contribution < 1.29 is 14.3 Å². The van der Waals surface area contributed by atoms with Crippen LogP contribution in [0.3, 0.4) is 0 Å². The Morgan fingerprint density at radius 2 is 1.90 bits per heavy atom. The number of hydrogen-bond donors (Lipinski definition) is 1. The Hall–Kier alpha value is -3.89. The van der Waals surface area contributed by atoms with E-state index in [-0.39, 0.29) is 17.7 Å². The minimum Gasteiger partial charge on any atom is -0.493 e. The van der Waals surface area contributed by atoms with Crippen molar-refractivity contribution in [1.29, 1.82) is 0 Å². The summed E-state index contributed by atoms with van der Waals surface area (Å²) >= 11 is 0. The molecule has 2 aromatic heterocycles. The summed E-state index contributed by atoms with van der Waals surface area (Å²) in [4.78, 5) is 40.6. The van der Waals surface area contributed by atoms with Crippen LogP contribution >= 0.6 is 0 Å². The topological polar surface area (TPSA) is 122 Å². The summed E-state index contributed by atoms with van der Waals surface area (Å²) in [5.74, 6) is 0.655. The number of amides is 1. The van der Waals surface area contributed by atoms with Crippen LogP contribution < -0.4 is 26.1 Å². The molecular weight excluding hydrogens is 380 g/mol. The number of carbonyl (C=O) groups excluding carboxylic acids is 1. The lowest BCUT2D eigenvalue weighted by molar-refractivity contribution is -0.121. The lowest BCUT2D eigenvalue weighted by Gasteiger charge is -2.07. The van der Waals surface area contributed by atoms with E-state index in [4.69, 9.17) is 9.47 Å². The standard InChI is InChI=1S/C18H20N6O5/c1-22-16-15(17(26)23(2)18(22)27)24(10-19-16)9-14(25)21-20-8-11-5-6-12(28-3)13(7-11)29-4/h5-8,10H,9H2,1-4H3,(H,21,25)/b20-8-. The molecule has 0 radical (unpaired) electrons. The van der Waals surface area contributed by atoms with Crippen molar-refractivity contribution >= 4 is 23.3 Å². The molecule has 0 aliphatic heterocycles. The van der Waals surface area contributed by atoms with Gasteiger partial charge in [0.2, 0.25) is 0 Å². The molecule has 0 saturated heterocycles. The number of nitrogens with zero attached hydrogens (tertiary/aromatic N) is 5. The first kappa shape index (κ1) is 19.9. The van der Waals surface area contributed by atoms with E-state index in [1.165, 1.54) is 50.0 Å². The molecule has 1 N–H and O–H groups in total. The van der Waals surface area contributed by atoms with Gasteiger partial charge in [-0.25, -0.2) is 15.2 Å². The van der Waals surface area contributed by atoms with E-state index in [1.54, 1.807) is 18.2 Å². The number of ether oxygens (including phenoxy) is 2. The van der Waals surface area contributed by atoms with Crippen molar-refractivity contribution in [2.24, 2.45) is 19.2 Å². The number of rotatable bonds is 6. The second kappa shape index (κ2) is 8.00. The lowest BCUT2D eigenvalue weighted by atomic mass is 10.2. The molecule has 0 spiro atoms. The average molecular weight is 400 g/mol. The predicted molar refractivity (Wildman–Crippen MR) is 105 cm³/mol. The Morgan fingerprint density at radius 3 is 2.59 bits per heavy atom. The first-order valence-electron chi connectivity index (χ1n) is 8.52. The zero-order valence-electron chi connectivity index (χ0n) is 16.4. The molecule has 29 heavy (non-hydrogen) atoms. The maximum Gasteiger partial charge on any atom is 0.332 e. The molecule has 0 aliphatic carbocycles. The van der Waals surface area contributed by atoms with Gasteiger partial charge in [-0.1, -0.05) is 0 Å². The van der Waals surface area contributed by atoms with Crippen molar-refractivity contribution in [2.75, 3.05) is 14.2 Å². The Balaban J connectivity index is 1.76. The molecule has 0 fully saturated rings. The van der Waals surface area contributed by atoms with E-state index >= 15 is 0 Å². The van der Waals surface area contributed by atoms with Crippen LogP contribution in [-0.4, -0.2) is 45.0 Å². The van der Waals surface area contributed by atoms with E-state index in [9.17, 15) is 14.4 Å². The first-order valence-corrected chi connectivity index (χ1v) is 8.52. The molecule has 0 atom stereocenters. The van der Waals surface area contributed by atoms with Gasteiger partial charge in [0.15, 0.2) is 22.7 Å². The number of methoxy groups -OCH3 is 2. The van der Waals surface area contributed by atoms with E-state index in [1.807, 2.05) is 0 Å². The van der Waals surface area contributed by atoms with Gasteiger partial charge in [-0.2, -0.15) is 5.10 Å². The average Bonchev–Trinajstić information content (AvgIpc) is 3.14. The van der Waals surface area contributed by atoms with E-state index in [0.717, 1.165) is 4.57 Å². The fourth-order valence-corrected chi connectivity index (χ4v) is 2.82. The lowest BCUT2D eigenvalue weighted by Crippen LogP contribution is -2.38. The SMILES string of the molecule is COc1ccc(/C=N\NC(=O)Cn2cnc3c2c(=O)n(C)c(=O)n3C)cc1OC. The molecule has 0 saturated carbocycles. The Labute approximate surface area is 164 Å². The molecular formula is C18H20N6O5.